The van der Waals surface area contributed by atoms with Crippen LogP contribution in [0, 0.1) is 5.82 Å². The number of rotatable bonds is 9. The molecular formula is C24H23FN4O3. The summed E-state index contributed by atoms with van der Waals surface area (Å²) in [7, 11) is 0. The van der Waals surface area contributed by atoms with Crippen molar-refractivity contribution in [1.29, 1.82) is 0 Å². The average Bonchev–Trinajstić information content (AvgIpc) is 3.32. The first kappa shape index (κ1) is 21.4. The van der Waals surface area contributed by atoms with Crippen LogP contribution in [-0.4, -0.2) is 38.9 Å². The summed E-state index contributed by atoms with van der Waals surface area (Å²) >= 11 is 0. The third-order valence-corrected chi connectivity index (χ3v) is 5.34. The molecule has 1 aliphatic heterocycles. The van der Waals surface area contributed by atoms with Gasteiger partial charge in [-0.3, -0.25) is 24.0 Å². The number of amides is 3. The molecule has 8 heteroatoms. The van der Waals surface area contributed by atoms with Gasteiger partial charge in [-0.15, -0.1) is 0 Å². The molecule has 0 fully saturated rings. The molecule has 164 valence electrons. The molecule has 1 N–H and O–H groups in total. The van der Waals surface area contributed by atoms with Crippen LogP contribution < -0.4 is 5.32 Å². The van der Waals surface area contributed by atoms with Crippen molar-refractivity contribution in [2.24, 2.45) is 0 Å². The molecule has 0 atom stereocenters. The number of hydrogen-bond acceptors (Lipinski definition) is 4. The van der Waals surface area contributed by atoms with E-state index in [1.807, 2.05) is 0 Å². The second-order valence-electron chi connectivity index (χ2n) is 7.72. The lowest BCUT2D eigenvalue weighted by Crippen LogP contribution is -2.30. The first-order valence-electron chi connectivity index (χ1n) is 10.5. The summed E-state index contributed by atoms with van der Waals surface area (Å²) in [5, 5.41) is 7.03. The van der Waals surface area contributed by atoms with Gasteiger partial charge in [-0.1, -0.05) is 30.7 Å². The van der Waals surface area contributed by atoms with Crippen LogP contribution in [0.4, 0.5) is 10.1 Å². The van der Waals surface area contributed by atoms with E-state index in [0.29, 0.717) is 49.2 Å². The van der Waals surface area contributed by atoms with Crippen LogP contribution >= 0.6 is 0 Å². The predicted molar refractivity (Wildman–Crippen MR) is 117 cm³/mol. The molecule has 0 aliphatic carbocycles. The number of nitrogens with one attached hydrogen (secondary N) is 1. The third-order valence-electron chi connectivity index (χ3n) is 5.34. The fourth-order valence-corrected chi connectivity index (χ4v) is 3.69. The van der Waals surface area contributed by atoms with Crippen LogP contribution in [0.2, 0.25) is 0 Å². The Labute approximate surface area is 184 Å². The van der Waals surface area contributed by atoms with Crippen molar-refractivity contribution in [3.63, 3.8) is 0 Å². The van der Waals surface area contributed by atoms with Gasteiger partial charge in [-0.25, -0.2) is 4.39 Å². The van der Waals surface area contributed by atoms with Crippen LogP contribution in [-0.2, 0) is 11.3 Å². The quantitative estimate of drug-likeness (QED) is 0.409. The number of carbonyl (C=O) groups is 3. The third kappa shape index (κ3) is 4.91. The zero-order valence-electron chi connectivity index (χ0n) is 17.5. The summed E-state index contributed by atoms with van der Waals surface area (Å²) in [6, 6.07) is 13.0. The van der Waals surface area contributed by atoms with Gasteiger partial charge in [0, 0.05) is 19.2 Å². The van der Waals surface area contributed by atoms with E-state index in [2.05, 4.69) is 10.4 Å². The van der Waals surface area contributed by atoms with E-state index < -0.39 is 0 Å². The highest BCUT2D eigenvalue weighted by Crippen LogP contribution is 2.22. The van der Waals surface area contributed by atoms with E-state index in [-0.39, 0.29) is 23.5 Å². The topological polar surface area (TPSA) is 84.3 Å². The van der Waals surface area contributed by atoms with E-state index in [1.54, 1.807) is 53.5 Å². The van der Waals surface area contributed by atoms with Gasteiger partial charge in [0.25, 0.3) is 11.8 Å². The normalized spacial score (nSPS) is 12.8. The number of hydrogen-bond donors (Lipinski definition) is 1. The fourth-order valence-electron chi connectivity index (χ4n) is 3.69. The molecule has 3 aromatic rings. The maximum absolute atomic E-state index is 13.0. The van der Waals surface area contributed by atoms with Crippen molar-refractivity contribution < 1.29 is 18.8 Å². The van der Waals surface area contributed by atoms with Crippen LogP contribution in [0.25, 0.3) is 0 Å². The molecule has 0 saturated heterocycles. The Bertz CT molecular complexity index is 1110. The van der Waals surface area contributed by atoms with Crippen LogP contribution in [0.3, 0.4) is 0 Å². The summed E-state index contributed by atoms with van der Waals surface area (Å²) in [4.78, 5) is 38.1. The van der Waals surface area contributed by atoms with Crippen molar-refractivity contribution in [1.82, 2.24) is 14.7 Å². The van der Waals surface area contributed by atoms with Crippen molar-refractivity contribution >= 4 is 23.4 Å². The second kappa shape index (κ2) is 9.55. The Morgan fingerprint density at radius 1 is 0.938 bits per heavy atom. The SMILES string of the molecule is O=C(CCCCCN1C(=O)c2ccccc2C1=O)Nc1cnn(Cc2ccc(F)cc2)c1. The van der Waals surface area contributed by atoms with E-state index in [9.17, 15) is 18.8 Å². The summed E-state index contributed by atoms with van der Waals surface area (Å²) < 4.78 is 14.7. The minimum absolute atomic E-state index is 0.118. The van der Waals surface area contributed by atoms with Crippen molar-refractivity contribution in [3.05, 3.63) is 83.4 Å². The zero-order chi connectivity index (χ0) is 22.5. The van der Waals surface area contributed by atoms with E-state index in [0.717, 1.165) is 12.0 Å². The predicted octanol–water partition coefficient (Wildman–Crippen LogP) is 3.87. The van der Waals surface area contributed by atoms with Gasteiger partial charge >= 0.3 is 0 Å². The smallest absolute Gasteiger partial charge is 0.261 e. The highest BCUT2D eigenvalue weighted by Gasteiger charge is 2.34. The highest BCUT2D eigenvalue weighted by molar-refractivity contribution is 6.21. The first-order valence-corrected chi connectivity index (χ1v) is 10.5. The highest BCUT2D eigenvalue weighted by atomic mass is 19.1. The molecule has 2 heterocycles. The molecule has 0 radical (unpaired) electrons. The summed E-state index contributed by atoms with van der Waals surface area (Å²) in [5.41, 5.74) is 2.42. The molecule has 4 rings (SSSR count). The lowest BCUT2D eigenvalue weighted by molar-refractivity contribution is -0.116. The zero-order valence-corrected chi connectivity index (χ0v) is 17.5. The minimum atomic E-state index is -0.286. The Morgan fingerprint density at radius 2 is 1.62 bits per heavy atom. The molecule has 0 unspecified atom stereocenters. The molecule has 1 aromatic heterocycles. The average molecular weight is 434 g/mol. The maximum atomic E-state index is 13.0. The number of nitrogens with zero attached hydrogens (tertiary/aromatic N) is 3. The number of imide groups is 1. The second-order valence-corrected chi connectivity index (χ2v) is 7.72. The van der Waals surface area contributed by atoms with Crippen LogP contribution in [0.5, 0.6) is 0 Å². The van der Waals surface area contributed by atoms with Gasteiger partial charge in [-0.05, 0) is 42.7 Å². The number of unbranched alkanes of at least 4 members (excludes halogenated alkanes) is 2. The molecule has 2 aromatic carbocycles. The van der Waals surface area contributed by atoms with E-state index in [4.69, 9.17) is 0 Å². The summed E-state index contributed by atoms with van der Waals surface area (Å²) in [6.45, 7) is 0.831. The molecule has 0 saturated carbocycles. The van der Waals surface area contributed by atoms with Crippen molar-refractivity contribution in [2.75, 3.05) is 11.9 Å². The first-order chi connectivity index (χ1) is 15.5. The Balaban J connectivity index is 1.16. The molecule has 1 aliphatic rings. The Kier molecular flexibility index (Phi) is 6.39. The summed E-state index contributed by atoms with van der Waals surface area (Å²) in [5.74, 6) is -0.903. The summed E-state index contributed by atoms with van der Waals surface area (Å²) in [6.07, 6.45) is 5.66. The Morgan fingerprint density at radius 3 is 2.31 bits per heavy atom. The lowest BCUT2D eigenvalue weighted by atomic mass is 10.1. The monoisotopic (exact) mass is 434 g/mol. The number of benzene rings is 2. The molecule has 32 heavy (non-hydrogen) atoms. The molecule has 0 spiro atoms. The van der Waals surface area contributed by atoms with Gasteiger partial charge < -0.3 is 5.32 Å². The number of aromatic nitrogens is 2. The standard InChI is InChI=1S/C24H23FN4O3/c25-18-11-9-17(10-12-18)15-28-16-19(14-26-28)27-22(30)8-2-1-5-13-29-23(31)20-6-3-4-7-21(20)24(29)32/h3-4,6-7,9-12,14,16H,1-2,5,8,13,15H2,(H,27,30). The van der Waals surface area contributed by atoms with Crippen LogP contribution in [0.15, 0.2) is 60.9 Å². The van der Waals surface area contributed by atoms with Crippen molar-refractivity contribution in [2.45, 2.75) is 32.2 Å². The number of carbonyl (C=O) groups excluding carboxylic acids is 3. The van der Waals surface area contributed by atoms with Gasteiger partial charge in [-0.2, -0.15) is 5.10 Å². The molecule has 7 nitrogen and oxygen atoms in total. The van der Waals surface area contributed by atoms with Crippen LogP contribution in [0.1, 0.15) is 52.0 Å². The van der Waals surface area contributed by atoms with E-state index >= 15 is 0 Å². The maximum Gasteiger partial charge on any atom is 0.261 e. The molecule has 0 bridgehead atoms. The van der Waals surface area contributed by atoms with Gasteiger partial charge in [0.2, 0.25) is 5.91 Å². The lowest BCUT2D eigenvalue weighted by Gasteiger charge is -2.13. The number of fused-ring (bicyclic) bond motifs is 1. The molecule has 3 amide bonds. The Hall–Kier alpha value is -3.81. The van der Waals surface area contributed by atoms with Gasteiger partial charge in [0.05, 0.1) is 29.6 Å². The minimum Gasteiger partial charge on any atom is -0.323 e. The van der Waals surface area contributed by atoms with Crippen molar-refractivity contribution in [3.8, 4) is 0 Å². The largest absolute Gasteiger partial charge is 0.323 e. The number of halogens is 1. The van der Waals surface area contributed by atoms with Gasteiger partial charge in [0.15, 0.2) is 0 Å². The number of anilines is 1. The fraction of sp³-hybridized carbons (Fsp3) is 0.250. The van der Waals surface area contributed by atoms with E-state index in [1.165, 1.54) is 17.0 Å². The van der Waals surface area contributed by atoms with Gasteiger partial charge in [0.1, 0.15) is 5.82 Å². The molecular weight excluding hydrogens is 411 g/mol.